The molecule has 5 nitrogen and oxygen atoms in total. The topological polar surface area (TPSA) is 56.2 Å². The van der Waals surface area contributed by atoms with Crippen molar-refractivity contribution < 1.29 is 9.53 Å². The molecule has 3 aromatic carbocycles. The number of nitrogens with one attached hydrogen (secondary N) is 1. The molecule has 1 aromatic heterocycles. The summed E-state index contributed by atoms with van der Waals surface area (Å²) in [4.78, 5) is 16.5. The molecule has 0 saturated carbocycles. The molecule has 0 atom stereocenters. The minimum atomic E-state index is 0.162. The highest BCUT2D eigenvalue weighted by molar-refractivity contribution is 5.88. The van der Waals surface area contributed by atoms with Crippen LogP contribution in [-0.2, 0) is 17.8 Å². The zero-order chi connectivity index (χ0) is 23.6. The van der Waals surface area contributed by atoms with Gasteiger partial charge in [0.05, 0.1) is 17.6 Å². The molecule has 0 fully saturated rings. The molecule has 0 saturated heterocycles. The lowest BCUT2D eigenvalue weighted by Crippen LogP contribution is -2.23. The Hall–Kier alpha value is -3.34. The van der Waals surface area contributed by atoms with E-state index in [1.54, 1.807) is 0 Å². The molecule has 1 heterocycles. The SMILES string of the molecule is CCCC(=O)NCCCCCc1nc2ccccc2n1CCCOc1cccc2ccccc12. The van der Waals surface area contributed by atoms with Gasteiger partial charge in [0.1, 0.15) is 11.6 Å². The van der Waals surface area contributed by atoms with Gasteiger partial charge in [0.2, 0.25) is 5.91 Å². The Labute approximate surface area is 202 Å². The molecular weight excluding hydrogens is 422 g/mol. The normalized spacial score (nSPS) is 11.2. The van der Waals surface area contributed by atoms with Gasteiger partial charge in [-0.3, -0.25) is 4.79 Å². The number of fused-ring (bicyclic) bond motifs is 2. The zero-order valence-electron chi connectivity index (χ0n) is 20.1. The Morgan fingerprint density at radius 3 is 2.68 bits per heavy atom. The lowest BCUT2D eigenvalue weighted by atomic mass is 10.1. The average Bonchev–Trinajstić information content (AvgIpc) is 3.21. The number of imidazole rings is 1. The monoisotopic (exact) mass is 457 g/mol. The molecule has 0 bridgehead atoms. The van der Waals surface area contributed by atoms with Crippen LogP contribution in [0.5, 0.6) is 5.75 Å². The minimum Gasteiger partial charge on any atom is -0.493 e. The van der Waals surface area contributed by atoms with Crippen molar-refractivity contribution in [1.29, 1.82) is 0 Å². The van der Waals surface area contributed by atoms with Gasteiger partial charge in [0.25, 0.3) is 0 Å². The van der Waals surface area contributed by atoms with Gasteiger partial charge in [-0.1, -0.05) is 61.9 Å². The molecule has 4 aromatic rings. The first kappa shape index (κ1) is 23.8. The molecule has 0 spiro atoms. The van der Waals surface area contributed by atoms with Crippen molar-refractivity contribution in [3.05, 3.63) is 72.6 Å². The van der Waals surface area contributed by atoms with Crippen LogP contribution in [-0.4, -0.2) is 28.6 Å². The molecule has 178 valence electrons. The van der Waals surface area contributed by atoms with Crippen LogP contribution in [0.2, 0.25) is 0 Å². The van der Waals surface area contributed by atoms with Crippen LogP contribution in [0, 0.1) is 0 Å². The Morgan fingerprint density at radius 2 is 1.76 bits per heavy atom. The first-order valence-corrected chi connectivity index (χ1v) is 12.6. The number of hydrogen-bond donors (Lipinski definition) is 1. The number of amides is 1. The summed E-state index contributed by atoms with van der Waals surface area (Å²) in [6.45, 7) is 4.34. The van der Waals surface area contributed by atoms with E-state index >= 15 is 0 Å². The Kier molecular flexibility index (Phi) is 8.55. The number of benzene rings is 3. The van der Waals surface area contributed by atoms with Gasteiger partial charge in [-0.2, -0.15) is 0 Å². The van der Waals surface area contributed by atoms with Gasteiger partial charge in [-0.15, -0.1) is 0 Å². The van der Waals surface area contributed by atoms with Crippen LogP contribution in [0.25, 0.3) is 21.8 Å². The van der Waals surface area contributed by atoms with Gasteiger partial charge < -0.3 is 14.6 Å². The van der Waals surface area contributed by atoms with Crippen LogP contribution in [0.3, 0.4) is 0 Å². The first-order chi connectivity index (χ1) is 16.8. The van der Waals surface area contributed by atoms with Crippen molar-refractivity contribution in [1.82, 2.24) is 14.9 Å². The lowest BCUT2D eigenvalue weighted by molar-refractivity contribution is -0.121. The smallest absolute Gasteiger partial charge is 0.219 e. The van der Waals surface area contributed by atoms with Crippen molar-refractivity contribution in [2.75, 3.05) is 13.2 Å². The molecule has 1 amide bonds. The predicted octanol–water partition coefficient (Wildman–Crippen LogP) is 6.29. The third-order valence-corrected chi connectivity index (χ3v) is 6.14. The molecule has 1 N–H and O–H groups in total. The maximum Gasteiger partial charge on any atom is 0.219 e. The maximum atomic E-state index is 11.6. The Bertz CT molecular complexity index is 1210. The molecule has 0 aliphatic heterocycles. The number of aryl methyl sites for hydroxylation is 2. The first-order valence-electron chi connectivity index (χ1n) is 12.6. The van der Waals surface area contributed by atoms with Crippen LogP contribution >= 0.6 is 0 Å². The number of aromatic nitrogens is 2. The van der Waals surface area contributed by atoms with E-state index in [0.29, 0.717) is 13.0 Å². The van der Waals surface area contributed by atoms with Crippen LogP contribution in [0.15, 0.2) is 66.7 Å². The van der Waals surface area contributed by atoms with E-state index in [1.807, 2.05) is 25.1 Å². The Balaban J connectivity index is 1.31. The third-order valence-electron chi connectivity index (χ3n) is 6.14. The summed E-state index contributed by atoms with van der Waals surface area (Å²) in [7, 11) is 0. The van der Waals surface area contributed by atoms with Crippen molar-refractivity contribution in [2.24, 2.45) is 0 Å². The van der Waals surface area contributed by atoms with Gasteiger partial charge >= 0.3 is 0 Å². The van der Waals surface area contributed by atoms with E-state index < -0.39 is 0 Å². The second kappa shape index (κ2) is 12.2. The Morgan fingerprint density at radius 1 is 0.941 bits per heavy atom. The van der Waals surface area contributed by atoms with Crippen molar-refractivity contribution >= 4 is 27.7 Å². The maximum absolute atomic E-state index is 11.6. The number of carbonyl (C=O) groups excluding carboxylic acids is 1. The second-order valence-corrected chi connectivity index (χ2v) is 8.76. The third kappa shape index (κ3) is 6.16. The number of carbonyl (C=O) groups is 1. The van der Waals surface area contributed by atoms with Crippen molar-refractivity contribution in [3.63, 3.8) is 0 Å². The fourth-order valence-corrected chi connectivity index (χ4v) is 4.42. The summed E-state index contributed by atoms with van der Waals surface area (Å²) in [6, 6.07) is 22.9. The molecule has 0 aliphatic carbocycles. The summed E-state index contributed by atoms with van der Waals surface area (Å²) >= 11 is 0. The van der Waals surface area contributed by atoms with E-state index in [-0.39, 0.29) is 5.91 Å². The van der Waals surface area contributed by atoms with E-state index in [1.165, 1.54) is 10.9 Å². The summed E-state index contributed by atoms with van der Waals surface area (Å²) in [6.07, 6.45) is 6.54. The number of para-hydroxylation sites is 2. The average molecular weight is 458 g/mol. The number of hydrogen-bond acceptors (Lipinski definition) is 3. The predicted molar refractivity (Wildman–Crippen MR) is 139 cm³/mol. The summed E-state index contributed by atoms with van der Waals surface area (Å²) in [5.74, 6) is 2.25. The van der Waals surface area contributed by atoms with E-state index in [2.05, 4.69) is 58.4 Å². The fraction of sp³-hybridized carbons (Fsp3) is 0.379. The molecule has 0 aliphatic rings. The van der Waals surface area contributed by atoms with Crippen molar-refractivity contribution in [3.8, 4) is 5.75 Å². The van der Waals surface area contributed by atoms with Gasteiger partial charge in [-0.25, -0.2) is 4.98 Å². The van der Waals surface area contributed by atoms with Gasteiger partial charge in [0.15, 0.2) is 0 Å². The molecular formula is C29H35N3O2. The number of rotatable bonds is 13. The molecule has 0 radical (unpaired) electrons. The van der Waals surface area contributed by atoms with Crippen LogP contribution in [0.4, 0.5) is 0 Å². The summed E-state index contributed by atoms with van der Waals surface area (Å²) in [5.41, 5.74) is 2.24. The van der Waals surface area contributed by atoms with E-state index in [4.69, 9.17) is 9.72 Å². The summed E-state index contributed by atoms with van der Waals surface area (Å²) in [5, 5.41) is 5.36. The van der Waals surface area contributed by atoms with E-state index in [0.717, 1.165) is 74.1 Å². The molecule has 34 heavy (non-hydrogen) atoms. The molecule has 0 unspecified atom stereocenters. The lowest BCUT2D eigenvalue weighted by Gasteiger charge is -2.12. The zero-order valence-corrected chi connectivity index (χ0v) is 20.1. The highest BCUT2D eigenvalue weighted by Crippen LogP contribution is 2.25. The van der Waals surface area contributed by atoms with E-state index in [9.17, 15) is 4.79 Å². The highest BCUT2D eigenvalue weighted by Gasteiger charge is 2.10. The summed E-state index contributed by atoms with van der Waals surface area (Å²) < 4.78 is 8.52. The minimum absolute atomic E-state index is 0.162. The highest BCUT2D eigenvalue weighted by atomic mass is 16.5. The van der Waals surface area contributed by atoms with Crippen LogP contribution in [0.1, 0.15) is 51.3 Å². The van der Waals surface area contributed by atoms with Gasteiger partial charge in [0, 0.05) is 31.3 Å². The van der Waals surface area contributed by atoms with Gasteiger partial charge in [-0.05, 0) is 49.3 Å². The number of unbranched alkanes of at least 4 members (excludes halogenated alkanes) is 2. The van der Waals surface area contributed by atoms with Crippen molar-refractivity contribution in [2.45, 2.75) is 58.4 Å². The fourth-order valence-electron chi connectivity index (χ4n) is 4.42. The quantitative estimate of drug-likeness (QED) is 0.240. The number of nitrogens with zero attached hydrogens (tertiary/aromatic N) is 2. The standard InChI is InChI=1S/C29H35N3O2/c1-2-12-29(33)30-20-9-3-4-19-28-31-25-16-7-8-17-26(25)32(28)21-11-22-34-27-18-10-14-23-13-5-6-15-24(23)27/h5-8,10,13-18H,2-4,9,11-12,19-22H2,1H3,(H,30,33). The molecule has 5 heteroatoms. The number of ether oxygens (including phenoxy) is 1. The second-order valence-electron chi connectivity index (χ2n) is 8.76. The largest absolute Gasteiger partial charge is 0.493 e. The molecule has 4 rings (SSSR count). The van der Waals surface area contributed by atoms with Crippen LogP contribution < -0.4 is 10.1 Å².